The lowest BCUT2D eigenvalue weighted by atomic mass is 9.90. The molecule has 1 aromatic heterocycles. The first kappa shape index (κ1) is 20.3. The summed E-state index contributed by atoms with van der Waals surface area (Å²) in [6, 6.07) is 12.5. The van der Waals surface area contributed by atoms with E-state index < -0.39 is 0 Å². The molecule has 150 valence electrons. The second-order valence-electron chi connectivity index (χ2n) is 7.87. The van der Waals surface area contributed by atoms with Crippen molar-refractivity contribution in [2.45, 2.75) is 26.2 Å². The van der Waals surface area contributed by atoms with Crippen LogP contribution >= 0.6 is 0 Å². The van der Waals surface area contributed by atoms with Crippen molar-refractivity contribution in [2.75, 3.05) is 45.2 Å². The highest BCUT2D eigenvalue weighted by atomic mass is 16.1. The third kappa shape index (κ3) is 5.76. The topological polar surface area (TPSA) is 61.4 Å². The number of hydrogen-bond acceptors (Lipinski definition) is 5. The number of nitrogens with zero attached hydrogens (tertiary/aromatic N) is 4. The zero-order valence-corrected chi connectivity index (χ0v) is 17.2. The van der Waals surface area contributed by atoms with Gasteiger partial charge in [-0.25, -0.2) is 9.97 Å². The number of rotatable bonds is 7. The van der Waals surface area contributed by atoms with Gasteiger partial charge in [0.25, 0.3) is 5.91 Å². The molecule has 0 atom stereocenters. The Morgan fingerprint density at radius 1 is 1.18 bits per heavy atom. The number of aromatic nitrogens is 2. The average molecular weight is 382 g/mol. The van der Waals surface area contributed by atoms with Crippen LogP contribution in [0, 0.1) is 12.8 Å². The number of amides is 1. The smallest absolute Gasteiger partial charge is 0.270 e. The zero-order valence-electron chi connectivity index (χ0n) is 17.2. The normalized spacial score (nSPS) is 15.1. The fourth-order valence-electron chi connectivity index (χ4n) is 3.58. The van der Waals surface area contributed by atoms with Crippen LogP contribution in [0.15, 0.2) is 36.4 Å². The first-order chi connectivity index (χ1) is 13.5. The molecule has 6 nitrogen and oxygen atoms in total. The van der Waals surface area contributed by atoms with Gasteiger partial charge in [-0.15, -0.1) is 0 Å². The number of benzene rings is 1. The highest BCUT2D eigenvalue weighted by molar-refractivity contribution is 5.92. The fraction of sp³-hybridized carbons (Fsp3) is 0.500. The zero-order chi connectivity index (χ0) is 19.9. The molecule has 3 rings (SSSR count). The number of carbonyl (C=O) groups is 1. The van der Waals surface area contributed by atoms with E-state index in [9.17, 15) is 4.79 Å². The van der Waals surface area contributed by atoms with E-state index in [1.807, 2.05) is 25.9 Å². The molecule has 1 aliphatic heterocycles. The van der Waals surface area contributed by atoms with Crippen molar-refractivity contribution < 1.29 is 4.79 Å². The van der Waals surface area contributed by atoms with Gasteiger partial charge in [-0.1, -0.05) is 30.3 Å². The van der Waals surface area contributed by atoms with Crippen LogP contribution in [0.25, 0.3) is 0 Å². The minimum Gasteiger partial charge on any atom is -0.349 e. The van der Waals surface area contributed by atoms with Crippen LogP contribution in [0.4, 0.5) is 5.95 Å². The third-order valence-electron chi connectivity index (χ3n) is 5.18. The molecule has 1 aliphatic rings. The van der Waals surface area contributed by atoms with Crippen molar-refractivity contribution >= 4 is 11.9 Å². The lowest BCUT2D eigenvalue weighted by Gasteiger charge is -2.32. The van der Waals surface area contributed by atoms with E-state index >= 15 is 0 Å². The van der Waals surface area contributed by atoms with Gasteiger partial charge in [0.2, 0.25) is 5.95 Å². The van der Waals surface area contributed by atoms with Gasteiger partial charge >= 0.3 is 0 Å². The van der Waals surface area contributed by atoms with Gasteiger partial charge in [-0.3, -0.25) is 4.79 Å². The summed E-state index contributed by atoms with van der Waals surface area (Å²) in [5, 5.41) is 2.93. The Labute approximate surface area is 168 Å². The second kappa shape index (κ2) is 9.64. The maximum atomic E-state index is 12.4. The average Bonchev–Trinajstić information content (AvgIpc) is 2.68. The number of piperidine rings is 1. The fourth-order valence-corrected chi connectivity index (χ4v) is 3.58. The Bertz CT molecular complexity index is 770. The maximum absolute atomic E-state index is 12.4. The van der Waals surface area contributed by atoms with Gasteiger partial charge < -0.3 is 15.1 Å². The van der Waals surface area contributed by atoms with Gasteiger partial charge in [0.05, 0.1) is 0 Å². The van der Waals surface area contributed by atoms with Crippen LogP contribution in [-0.4, -0.2) is 61.0 Å². The van der Waals surface area contributed by atoms with Gasteiger partial charge in [0, 0.05) is 31.9 Å². The lowest BCUT2D eigenvalue weighted by Crippen LogP contribution is -2.36. The van der Waals surface area contributed by atoms with Crippen molar-refractivity contribution in [3.8, 4) is 0 Å². The molecule has 0 radical (unpaired) electrons. The minimum atomic E-state index is -0.132. The lowest BCUT2D eigenvalue weighted by molar-refractivity contribution is 0.0946. The van der Waals surface area contributed by atoms with Gasteiger partial charge in [-0.05, 0) is 57.8 Å². The van der Waals surface area contributed by atoms with Crippen molar-refractivity contribution in [3.63, 3.8) is 0 Å². The van der Waals surface area contributed by atoms with Crippen molar-refractivity contribution in [1.82, 2.24) is 20.2 Å². The Morgan fingerprint density at radius 2 is 1.89 bits per heavy atom. The predicted molar refractivity (Wildman–Crippen MR) is 113 cm³/mol. The molecule has 0 aliphatic carbocycles. The van der Waals surface area contributed by atoms with Crippen molar-refractivity contribution in [1.29, 1.82) is 0 Å². The summed E-state index contributed by atoms with van der Waals surface area (Å²) >= 11 is 0. The summed E-state index contributed by atoms with van der Waals surface area (Å²) < 4.78 is 0. The van der Waals surface area contributed by atoms with Crippen molar-refractivity contribution in [3.05, 3.63) is 53.3 Å². The standard InChI is InChI=1S/C22H31N5O/c1-17-15-20(21(28)23-11-14-26(2)3)25-22(24-17)27-12-9-19(10-13-27)16-18-7-5-4-6-8-18/h4-8,15,19H,9-14,16H2,1-3H3,(H,23,28). The SMILES string of the molecule is Cc1cc(C(=O)NCCN(C)C)nc(N2CCC(Cc3ccccc3)CC2)n1. The summed E-state index contributed by atoms with van der Waals surface area (Å²) in [6.07, 6.45) is 3.37. The molecule has 1 fully saturated rings. The van der Waals surface area contributed by atoms with Crippen LogP contribution < -0.4 is 10.2 Å². The Morgan fingerprint density at radius 3 is 2.57 bits per heavy atom. The number of carbonyl (C=O) groups excluding carboxylic acids is 1. The number of aryl methyl sites for hydroxylation is 1. The molecule has 1 amide bonds. The number of anilines is 1. The van der Waals surface area contributed by atoms with Crippen LogP contribution in [0.5, 0.6) is 0 Å². The highest BCUT2D eigenvalue weighted by Gasteiger charge is 2.22. The molecule has 0 bridgehead atoms. The molecule has 2 heterocycles. The predicted octanol–water partition coefficient (Wildman–Crippen LogP) is 2.54. The van der Waals surface area contributed by atoms with Gasteiger partial charge in [0.1, 0.15) is 5.69 Å². The van der Waals surface area contributed by atoms with Gasteiger partial charge in [-0.2, -0.15) is 0 Å². The first-order valence-corrected chi connectivity index (χ1v) is 10.1. The van der Waals surface area contributed by atoms with Crippen LogP contribution in [0.2, 0.25) is 0 Å². The quantitative estimate of drug-likeness (QED) is 0.799. The van der Waals surface area contributed by atoms with E-state index in [0.717, 1.165) is 44.6 Å². The molecule has 0 saturated carbocycles. The minimum absolute atomic E-state index is 0.132. The van der Waals surface area contributed by atoms with E-state index in [2.05, 4.69) is 50.5 Å². The molecule has 0 unspecified atom stereocenters. The Kier molecular flexibility index (Phi) is 6.98. The molecular weight excluding hydrogens is 350 g/mol. The summed E-state index contributed by atoms with van der Waals surface area (Å²) in [4.78, 5) is 25.8. The maximum Gasteiger partial charge on any atom is 0.270 e. The summed E-state index contributed by atoms with van der Waals surface area (Å²) in [5.41, 5.74) is 2.69. The summed E-state index contributed by atoms with van der Waals surface area (Å²) in [7, 11) is 3.97. The molecule has 1 saturated heterocycles. The molecule has 1 aromatic carbocycles. The monoisotopic (exact) mass is 381 g/mol. The van der Waals surface area contributed by atoms with E-state index in [1.54, 1.807) is 6.07 Å². The number of nitrogens with one attached hydrogen (secondary N) is 1. The Balaban J connectivity index is 1.58. The second-order valence-corrected chi connectivity index (χ2v) is 7.87. The van der Waals surface area contributed by atoms with E-state index in [1.165, 1.54) is 5.56 Å². The van der Waals surface area contributed by atoms with E-state index in [0.29, 0.717) is 24.1 Å². The first-order valence-electron chi connectivity index (χ1n) is 10.1. The van der Waals surface area contributed by atoms with E-state index in [-0.39, 0.29) is 5.91 Å². The van der Waals surface area contributed by atoms with Crippen molar-refractivity contribution in [2.24, 2.45) is 5.92 Å². The van der Waals surface area contributed by atoms with Gasteiger partial charge in [0.15, 0.2) is 0 Å². The molecule has 6 heteroatoms. The number of likely N-dealkylation sites (N-methyl/N-ethyl adjacent to an activating group) is 1. The Hall–Kier alpha value is -2.47. The molecule has 0 spiro atoms. The molecule has 1 N–H and O–H groups in total. The third-order valence-corrected chi connectivity index (χ3v) is 5.18. The van der Waals surface area contributed by atoms with E-state index in [4.69, 9.17) is 0 Å². The molecular formula is C22H31N5O. The largest absolute Gasteiger partial charge is 0.349 e. The summed E-state index contributed by atoms with van der Waals surface area (Å²) in [5.74, 6) is 1.24. The van der Waals surface area contributed by atoms with Crippen LogP contribution in [0.3, 0.4) is 0 Å². The molecule has 2 aromatic rings. The highest BCUT2D eigenvalue weighted by Crippen LogP contribution is 2.24. The van der Waals surface area contributed by atoms with Crippen LogP contribution in [-0.2, 0) is 6.42 Å². The summed E-state index contributed by atoms with van der Waals surface area (Å²) in [6.45, 7) is 5.20. The molecule has 28 heavy (non-hydrogen) atoms. The van der Waals surface area contributed by atoms with Crippen LogP contribution in [0.1, 0.15) is 34.6 Å². The number of hydrogen-bond donors (Lipinski definition) is 1.